The molecule has 7 nitrogen and oxygen atoms in total. The molecule has 0 bridgehead atoms. The van der Waals surface area contributed by atoms with Crippen molar-refractivity contribution in [2.24, 2.45) is 0 Å². The molecule has 0 aromatic heterocycles. The maximum atomic E-state index is 11.9. The number of amides is 2. The molecule has 2 aromatic rings. The van der Waals surface area contributed by atoms with E-state index in [4.69, 9.17) is 4.74 Å². The Bertz CT molecular complexity index is 758. The van der Waals surface area contributed by atoms with Crippen molar-refractivity contribution in [3.63, 3.8) is 0 Å². The Hall–Kier alpha value is -3.06. The lowest BCUT2D eigenvalue weighted by Crippen LogP contribution is -2.41. The second-order valence-electron chi connectivity index (χ2n) is 6.24. The van der Waals surface area contributed by atoms with Crippen LogP contribution in [0.3, 0.4) is 0 Å². The number of hydrogen-bond donors (Lipinski definition) is 3. The van der Waals surface area contributed by atoms with Crippen LogP contribution < -0.4 is 20.3 Å². The summed E-state index contributed by atoms with van der Waals surface area (Å²) in [7, 11) is 5.43. The number of methoxy groups -OCH3 is 1. The summed E-state index contributed by atoms with van der Waals surface area (Å²) in [6, 6.07) is 14.5. The third-order valence-electron chi connectivity index (χ3n) is 4.07. The molecular formula is C20H25N3O4. The zero-order valence-corrected chi connectivity index (χ0v) is 15.7. The Morgan fingerprint density at radius 1 is 1.00 bits per heavy atom. The van der Waals surface area contributed by atoms with Crippen LogP contribution in [0.15, 0.2) is 48.5 Å². The monoisotopic (exact) mass is 371 g/mol. The largest absolute Gasteiger partial charge is 0.497 e. The van der Waals surface area contributed by atoms with Crippen LogP contribution >= 0.6 is 0 Å². The number of nitrogens with one attached hydrogen (secondary N) is 2. The fraction of sp³-hybridized carbons (Fsp3) is 0.300. The van der Waals surface area contributed by atoms with E-state index in [9.17, 15) is 14.7 Å². The summed E-state index contributed by atoms with van der Waals surface area (Å²) in [4.78, 5) is 25.7. The van der Waals surface area contributed by atoms with Crippen LogP contribution in [-0.4, -0.2) is 44.7 Å². The molecule has 2 aromatic carbocycles. The fourth-order valence-corrected chi connectivity index (χ4v) is 2.39. The first-order chi connectivity index (χ1) is 12.9. The minimum atomic E-state index is -0.889. The molecule has 0 aliphatic carbocycles. The zero-order chi connectivity index (χ0) is 19.8. The summed E-state index contributed by atoms with van der Waals surface area (Å²) in [5.41, 5.74) is 2.52. The molecule has 144 valence electrons. The normalized spacial score (nSPS) is 11.4. The molecule has 2 amide bonds. The van der Waals surface area contributed by atoms with Crippen LogP contribution in [0, 0.1) is 0 Å². The third-order valence-corrected chi connectivity index (χ3v) is 4.07. The predicted molar refractivity (Wildman–Crippen MR) is 104 cm³/mol. The van der Waals surface area contributed by atoms with Gasteiger partial charge in [-0.3, -0.25) is 9.59 Å². The van der Waals surface area contributed by atoms with E-state index < -0.39 is 17.9 Å². The summed E-state index contributed by atoms with van der Waals surface area (Å²) in [6.07, 6.45) is -0.889. The summed E-state index contributed by atoms with van der Waals surface area (Å²) in [5.74, 6) is -0.816. The highest BCUT2D eigenvalue weighted by Crippen LogP contribution is 2.17. The standard InChI is InChI=1S/C20H25N3O4/c1-23(2)16-8-6-15(7-9-16)18(24)13-22-20(26)19(25)21-12-14-4-10-17(27-3)11-5-14/h4-11,18,24H,12-13H2,1-3H3,(H,21,25)(H,22,26). The summed E-state index contributed by atoms with van der Waals surface area (Å²) in [5, 5.41) is 15.1. The number of carbonyl (C=O) groups excluding carboxylic acids is 2. The molecule has 7 heteroatoms. The Kier molecular flexibility index (Phi) is 7.19. The molecule has 0 saturated carbocycles. The van der Waals surface area contributed by atoms with Crippen molar-refractivity contribution in [1.29, 1.82) is 0 Å². The Balaban J connectivity index is 1.78. The lowest BCUT2D eigenvalue weighted by atomic mass is 10.1. The van der Waals surface area contributed by atoms with Gasteiger partial charge in [0, 0.05) is 32.9 Å². The second-order valence-corrected chi connectivity index (χ2v) is 6.24. The molecule has 2 rings (SSSR count). The Labute approximate surface area is 158 Å². The van der Waals surface area contributed by atoms with E-state index in [-0.39, 0.29) is 13.1 Å². The van der Waals surface area contributed by atoms with Crippen LogP contribution in [0.4, 0.5) is 5.69 Å². The minimum absolute atomic E-state index is 0.0455. The Morgan fingerprint density at radius 2 is 1.59 bits per heavy atom. The Morgan fingerprint density at radius 3 is 2.15 bits per heavy atom. The smallest absolute Gasteiger partial charge is 0.309 e. The van der Waals surface area contributed by atoms with Gasteiger partial charge in [0.2, 0.25) is 0 Å². The van der Waals surface area contributed by atoms with E-state index in [2.05, 4.69) is 10.6 Å². The summed E-state index contributed by atoms with van der Waals surface area (Å²) >= 11 is 0. The lowest BCUT2D eigenvalue weighted by Gasteiger charge is -2.15. The lowest BCUT2D eigenvalue weighted by molar-refractivity contribution is -0.139. The quantitative estimate of drug-likeness (QED) is 0.637. The van der Waals surface area contributed by atoms with Gasteiger partial charge in [-0.25, -0.2) is 0 Å². The number of ether oxygens (including phenoxy) is 1. The van der Waals surface area contributed by atoms with Crippen molar-refractivity contribution >= 4 is 17.5 Å². The highest BCUT2D eigenvalue weighted by Gasteiger charge is 2.15. The van der Waals surface area contributed by atoms with Crippen LogP contribution in [0.2, 0.25) is 0 Å². The van der Waals surface area contributed by atoms with Crippen LogP contribution in [-0.2, 0) is 16.1 Å². The van der Waals surface area contributed by atoms with Gasteiger partial charge in [-0.2, -0.15) is 0 Å². The van der Waals surface area contributed by atoms with Gasteiger partial charge in [-0.1, -0.05) is 24.3 Å². The fourth-order valence-electron chi connectivity index (χ4n) is 2.39. The van der Waals surface area contributed by atoms with Gasteiger partial charge in [0.25, 0.3) is 0 Å². The van der Waals surface area contributed by atoms with Crippen LogP contribution in [0.1, 0.15) is 17.2 Å². The van der Waals surface area contributed by atoms with Gasteiger partial charge in [0.05, 0.1) is 13.2 Å². The molecule has 1 atom stereocenters. The maximum Gasteiger partial charge on any atom is 0.309 e. The number of rotatable bonds is 7. The van der Waals surface area contributed by atoms with Gasteiger partial charge in [0.15, 0.2) is 0 Å². The van der Waals surface area contributed by atoms with Crippen molar-refractivity contribution in [2.75, 3.05) is 32.6 Å². The number of hydrogen-bond acceptors (Lipinski definition) is 5. The van der Waals surface area contributed by atoms with Crippen molar-refractivity contribution in [3.8, 4) is 5.75 Å². The first-order valence-electron chi connectivity index (χ1n) is 8.55. The van der Waals surface area contributed by atoms with Crippen LogP contribution in [0.25, 0.3) is 0 Å². The molecule has 27 heavy (non-hydrogen) atoms. The van der Waals surface area contributed by atoms with E-state index in [1.54, 1.807) is 43.5 Å². The van der Waals surface area contributed by atoms with E-state index >= 15 is 0 Å². The average Bonchev–Trinajstić information content (AvgIpc) is 2.70. The minimum Gasteiger partial charge on any atom is -0.497 e. The van der Waals surface area contributed by atoms with Gasteiger partial charge in [-0.15, -0.1) is 0 Å². The van der Waals surface area contributed by atoms with Crippen molar-refractivity contribution in [3.05, 3.63) is 59.7 Å². The second kappa shape index (κ2) is 9.59. The van der Waals surface area contributed by atoms with E-state index in [0.717, 1.165) is 17.0 Å². The zero-order valence-electron chi connectivity index (χ0n) is 15.7. The molecule has 0 aliphatic heterocycles. The van der Waals surface area contributed by atoms with Crippen LogP contribution in [0.5, 0.6) is 5.75 Å². The average molecular weight is 371 g/mol. The number of nitrogens with zero attached hydrogens (tertiary/aromatic N) is 1. The molecule has 0 saturated heterocycles. The van der Waals surface area contributed by atoms with Gasteiger partial charge >= 0.3 is 11.8 Å². The van der Waals surface area contributed by atoms with E-state index in [1.165, 1.54) is 0 Å². The first kappa shape index (κ1) is 20.3. The summed E-state index contributed by atoms with van der Waals surface area (Å²) < 4.78 is 5.06. The molecular weight excluding hydrogens is 346 g/mol. The van der Waals surface area contributed by atoms with Gasteiger partial charge < -0.3 is 25.4 Å². The number of benzene rings is 2. The topological polar surface area (TPSA) is 90.9 Å². The van der Waals surface area contributed by atoms with Gasteiger partial charge in [-0.05, 0) is 35.4 Å². The molecule has 0 spiro atoms. The molecule has 0 aliphatic rings. The first-order valence-corrected chi connectivity index (χ1v) is 8.55. The number of aliphatic hydroxyl groups excluding tert-OH is 1. The van der Waals surface area contributed by atoms with E-state index in [1.807, 2.05) is 31.1 Å². The number of carbonyl (C=O) groups is 2. The van der Waals surface area contributed by atoms with E-state index in [0.29, 0.717) is 5.56 Å². The molecule has 1 unspecified atom stereocenters. The predicted octanol–water partition coefficient (Wildman–Crippen LogP) is 1.23. The van der Waals surface area contributed by atoms with Crippen molar-refractivity contribution in [2.45, 2.75) is 12.6 Å². The highest BCUT2D eigenvalue weighted by molar-refractivity contribution is 6.35. The molecule has 0 radical (unpaired) electrons. The highest BCUT2D eigenvalue weighted by atomic mass is 16.5. The molecule has 3 N–H and O–H groups in total. The third kappa shape index (κ3) is 6.00. The number of anilines is 1. The summed E-state index contributed by atoms with van der Waals surface area (Å²) in [6.45, 7) is 0.181. The van der Waals surface area contributed by atoms with Gasteiger partial charge in [0.1, 0.15) is 5.75 Å². The molecule has 0 fully saturated rings. The van der Waals surface area contributed by atoms with Crippen molar-refractivity contribution in [1.82, 2.24) is 10.6 Å². The SMILES string of the molecule is COc1ccc(CNC(=O)C(=O)NCC(O)c2ccc(N(C)C)cc2)cc1. The number of aliphatic hydroxyl groups is 1. The molecule has 0 heterocycles. The maximum absolute atomic E-state index is 11.9. The van der Waals surface area contributed by atoms with Crippen molar-refractivity contribution < 1.29 is 19.4 Å².